The van der Waals surface area contributed by atoms with E-state index in [0.717, 1.165) is 13.8 Å². The van der Waals surface area contributed by atoms with Gasteiger partial charge in [0.15, 0.2) is 0 Å². The lowest BCUT2D eigenvalue weighted by atomic mass is 9.77. The molecule has 0 aliphatic heterocycles. The summed E-state index contributed by atoms with van der Waals surface area (Å²) < 4.78 is 76.9. The van der Waals surface area contributed by atoms with E-state index in [2.05, 4.69) is 0 Å². The van der Waals surface area contributed by atoms with Crippen LogP contribution in [-0.2, 0) is 6.42 Å². The zero-order valence-corrected chi connectivity index (χ0v) is 10.4. The van der Waals surface area contributed by atoms with Gasteiger partial charge in [-0.2, -0.15) is 13.2 Å². The minimum absolute atomic E-state index is 0.350. The van der Waals surface area contributed by atoms with Crippen molar-refractivity contribution in [2.45, 2.75) is 38.5 Å². The van der Waals surface area contributed by atoms with E-state index in [9.17, 15) is 26.3 Å². The van der Waals surface area contributed by atoms with Gasteiger partial charge in [-0.3, -0.25) is 0 Å². The normalized spacial score (nSPS) is 15.4. The third-order valence-corrected chi connectivity index (χ3v) is 3.00. The molecule has 0 aromatic heterocycles. The molecule has 0 heterocycles. The van der Waals surface area contributed by atoms with Crippen molar-refractivity contribution >= 4 is 0 Å². The molecule has 0 radical (unpaired) electrons. The Kier molecular flexibility index (Phi) is 4.22. The third kappa shape index (κ3) is 3.42. The Morgan fingerprint density at radius 2 is 1.42 bits per heavy atom. The van der Waals surface area contributed by atoms with Gasteiger partial charge < -0.3 is 0 Å². The summed E-state index contributed by atoms with van der Waals surface area (Å²) in [5.74, 6) is -4.50. The van der Waals surface area contributed by atoms with Gasteiger partial charge in [0.25, 0.3) is 12.1 Å². The van der Waals surface area contributed by atoms with Gasteiger partial charge in [0.1, 0.15) is 0 Å². The zero-order chi connectivity index (χ0) is 14.9. The summed E-state index contributed by atoms with van der Waals surface area (Å²) >= 11 is 0. The second-order valence-corrected chi connectivity index (χ2v) is 5.07. The fourth-order valence-electron chi connectivity index (χ4n) is 1.77. The summed E-state index contributed by atoms with van der Waals surface area (Å²) in [5, 5.41) is 0. The Balaban J connectivity index is 2.98. The molecule has 0 nitrogen and oxygen atoms in total. The van der Waals surface area contributed by atoms with Crippen molar-refractivity contribution in [3.05, 3.63) is 35.9 Å². The van der Waals surface area contributed by atoms with E-state index in [1.54, 1.807) is 18.2 Å². The molecule has 1 aromatic rings. The van der Waals surface area contributed by atoms with Crippen LogP contribution < -0.4 is 0 Å². The number of rotatable bonds is 4. The van der Waals surface area contributed by atoms with E-state index < -0.39 is 23.7 Å². The van der Waals surface area contributed by atoms with Crippen molar-refractivity contribution in [2.24, 2.45) is 5.41 Å². The maximum absolute atomic E-state index is 13.7. The summed E-state index contributed by atoms with van der Waals surface area (Å²) in [6.45, 7) is 1.86. The van der Waals surface area contributed by atoms with Crippen LogP contribution in [0, 0.1) is 5.41 Å². The first-order valence-corrected chi connectivity index (χ1v) is 5.61. The topological polar surface area (TPSA) is 0 Å². The van der Waals surface area contributed by atoms with Gasteiger partial charge in [-0.1, -0.05) is 44.2 Å². The first-order chi connectivity index (χ1) is 8.48. The molecular formula is C13H14F6. The monoisotopic (exact) mass is 284 g/mol. The van der Waals surface area contributed by atoms with Gasteiger partial charge in [-0.05, 0) is 12.0 Å². The predicted octanol–water partition coefficient (Wildman–Crippen LogP) is 4.79. The lowest BCUT2D eigenvalue weighted by molar-refractivity contribution is -0.272. The van der Waals surface area contributed by atoms with Gasteiger partial charge in [0.05, 0.1) is 0 Å². The molecule has 0 aliphatic carbocycles. The van der Waals surface area contributed by atoms with Crippen LogP contribution in [0.5, 0.6) is 0 Å². The summed E-state index contributed by atoms with van der Waals surface area (Å²) in [4.78, 5) is 0. The number of alkyl halides is 6. The van der Waals surface area contributed by atoms with E-state index >= 15 is 0 Å². The lowest BCUT2D eigenvalue weighted by Crippen LogP contribution is -2.51. The average Bonchev–Trinajstić information content (AvgIpc) is 2.27. The summed E-state index contributed by atoms with van der Waals surface area (Å²) in [7, 11) is 0. The van der Waals surface area contributed by atoms with Crippen molar-refractivity contribution in [2.75, 3.05) is 0 Å². The molecule has 0 fully saturated rings. The van der Waals surface area contributed by atoms with Gasteiger partial charge in [0, 0.05) is 5.41 Å². The Morgan fingerprint density at radius 1 is 0.947 bits per heavy atom. The van der Waals surface area contributed by atoms with Gasteiger partial charge in [-0.15, -0.1) is 0 Å². The molecule has 0 saturated carbocycles. The molecule has 108 valence electrons. The third-order valence-electron chi connectivity index (χ3n) is 3.00. The molecular weight excluding hydrogens is 270 g/mol. The summed E-state index contributed by atoms with van der Waals surface area (Å²) in [6, 6.07) is 7.85. The first-order valence-electron chi connectivity index (χ1n) is 5.61. The zero-order valence-electron chi connectivity index (χ0n) is 10.4. The molecule has 0 amide bonds. The van der Waals surface area contributed by atoms with Crippen LogP contribution in [0.4, 0.5) is 26.3 Å². The van der Waals surface area contributed by atoms with E-state index in [1.165, 1.54) is 12.1 Å². The number of hydrogen-bond donors (Lipinski definition) is 0. The molecule has 1 rings (SSSR count). The lowest BCUT2D eigenvalue weighted by Gasteiger charge is -2.36. The van der Waals surface area contributed by atoms with Crippen molar-refractivity contribution in [1.82, 2.24) is 0 Å². The molecule has 1 atom stereocenters. The van der Waals surface area contributed by atoms with Crippen LogP contribution in [0.15, 0.2) is 30.3 Å². The standard InChI is InChI=1S/C13H14F6/c1-11(2,8-9-6-4-3-5-7-9)12(15,16)10(14)13(17,18)19/h3-7,10H,8H2,1-2H3. The van der Waals surface area contributed by atoms with Crippen molar-refractivity contribution in [3.63, 3.8) is 0 Å². The van der Waals surface area contributed by atoms with Crippen LogP contribution in [-0.4, -0.2) is 18.3 Å². The molecule has 0 aliphatic rings. The van der Waals surface area contributed by atoms with E-state index in [4.69, 9.17) is 0 Å². The van der Waals surface area contributed by atoms with E-state index in [0.29, 0.717) is 5.56 Å². The minimum atomic E-state index is -5.57. The first kappa shape index (κ1) is 15.9. The second kappa shape index (κ2) is 5.06. The highest BCUT2D eigenvalue weighted by Gasteiger charge is 2.63. The van der Waals surface area contributed by atoms with Gasteiger partial charge in [0.2, 0.25) is 0 Å². The molecule has 0 saturated heterocycles. The molecule has 1 unspecified atom stereocenters. The Hall–Kier alpha value is -1.20. The van der Waals surface area contributed by atoms with Crippen LogP contribution in [0.2, 0.25) is 0 Å². The molecule has 0 spiro atoms. The van der Waals surface area contributed by atoms with E-state index in [-0.39, 0.29) is 6.42 Å². The van der Waals surface area contributed by atoms with Crippen LogP contribution in [0.1, 0.15) is 19.4 Å². The highest BCUT2D eigenvalue weighted by Crippen LogP contribution is 2.47. The maximum atomic E-state index is 13.7. The predicted molar refractivity (Wildman–Crippen MR) is 59.8 cm³/mol. The highest BCUT2D eigenvalue weighted by molar-refractivity contribution is 5.17. The van der Waals surface area contributed by atoms with Crippen LogP contribution in [0.3, 0.4) is 0 Å². The quantitative estimate of drug-likeness (QED) is 0.697. The molecule has 0 N–H and O–H groups in total. The molecule has 6 heteroatoms. The average molecular weight is 284 g/mol. The minimum Gasteiger partial charge on any atom is -0.231 e. The number of halogens is 6. The van der Waals surface area contributed by atoms with Crippen molar-refractivity contribution in [3.8, 4) is 0 Å². The SMILES string of the molecule is CC(C)(Cc1ccccc1)C(F)(F)C(F)C(F)(F)F. The smallest absolute Gasteiger partial charge is 0.231 e. The number of hydrogen-bond acceptors (Lipinski definition) is 0. The van der Waals surface area contributed by atoms with Gasteiger partial charge in [-0.25, -0.2) is 13.2 Å². The van der Waals surface area contributed by atoms with Crippen molar-refractivity contribution in [1.29, 1.82) is 0 Å². The summed E-state index contributed by atoms with van der Waals surface area (Å²) in [5.41, 5.74) is -1.72. The highest BCUT2D eigenvalue weighted by atomic mass is 19.4. The second-order valence-electron chi connectivity index (χ2n) is 5.07. The van der Waals surface area contributed by atoms with Crippen LogP contribution in [0.25, 0.3) is 0 Å². The Morgan fingerprint density at radius 3 is 1.84 bits per heavy atom. The van der Waals surface area contributed by atoms with Crippen LogP contribution >= 0.6 is 0 Å². The fourth-order valence-corrected chi connectivity index (χ4v) is 1.77. The molecule has 0 bridgehead atoms. The largest absolute Gasteiger partial charge is 0.425 e. The maximum Gasteiger partial charge on any atom is 0.425 e. The Bertz CT molecular complexity index is 407. The van der Waals surface area contributed by atoms with E-state index in [1.807, 2.05) is 0 Å². The Labute approximate surface area is 107 Å². The summed E-state index contributed by atoms with van der Waals surface area (Å²) in [6.07, 6.45) is -10.1. The number of benzene rings is 1. The molecule has 1 aromatic carbocycles. The van der Waals surface area contributed by atoms with Gasteiger partial charge >= 0.3 is 6.18 Å². The fraction of sp³-hybridized carbons (Fsp3) is 0.538. The molecule has 19 heavy (non-hydrogen) atoms. The van der Waals surface area contributed by atoms with Crippen molar-refractivity contribution < 1.29 is 26.3 Å².